The van der Waals surface area contributed by atoms with Gasteiger partial charge in [-0.1, -0.05) is 30.3 Å². The van der Waals surface area contributed by atoms with Crippen LogP contribution in [0.3, 0.4) is 0 Å². The third-order valence-electron chi connectivity index (χ3n) is 3.86. The maximum atomic E-state index is 9.80. The third kappa shape index (κ3) is 3.86. The highest BCUT2D eigenvalue weighted by atomic mass is 16.5. The van der Waals surface area contributed by atoms with E-state index < -0.39 is 0 Å². The molecule has 0 saturated heterocycles. The van der Waals surface area contributed by atoms with Crippen molar-refractivity contribution in [2.45, 2.75) is 13.0 Å². The molecular weight excluding hydrogens is 302 g/mol. The van der Waals surface area contributed by atoms with Crippen LogP contribution >= 0.6 is 0 Å². The summed E-state index contributed by atoms with van der Waals surface area (Å²) >= 11 is 0. The summed E-state index contributed by atoms with van der Waals surface area (Å²) in [6, 6.07) is 15.5. The fraction of sp³-hybridized carbons (Fsp3) is 0.316. The van der Waals surface area contributed by atoms with Crippen LogP contribution < -0.4 is 4.74 Å². The van der Waals surface area contributed by atoms with Crippen LogP contribution in [0.25, 0.3) is 10.9 Å². The van der Waals surface area contributed by atoms with Gasteiger partial charge < -0.3 is 14.7 Å². The van der Waals surface area contributed by atoms with E-state index >= 15 is 0 Å². The van der Waals surface area contributed by atoms with Gasteiger partial charge in [-0.15, -0.1) is 5.10 Å². The fourth-order valence-electron chi connectivity index (χ4n) is 2.67. The number of phenolic OH excluding ortho intramolecular Hbond substituents is 1. The minimum atomic E-state index is 0.222. The van der Waals surface area contributed by atoms with Gasteiger partial charge in [0.05, 0.1) is 24.1 Å². The molecule has 0 aliphatic rings. The zero-order valence-corrected chi connectivity index (χ0v) is 14.1. The Morgan fingerprint density at radius 2 is 1.92 bits per heavy atom. The van der Waals surface area contributed by atoms with Crippen molar-refractivity contribution in [3.8, 4) is 11.6 Å². The van der Waals surface area contributed by atoms with Gasteiger partial charge in [0, 0.05) is 6.54 Å². The zero-order valence-electron chi connectivity index (χ0n) is 14.1. The first-order valence-corrected chi connectivity index (χ1v) is 8.14. The van der Waals surface area contributed by atoms with Gasteiger partial charge in [-0.3, -0.25) is 4.68 Å². The number of hydrogen-bond acceptors (Lipinski definition) is 4. The van der Waals surface area contributed by atoms with Crippen LogP contribution in [0, 0.1) is 0 Å². The highest BCUT2D eigenvalue weighted by molar-refractivity contribution is 5.86. The SMILES string of the molecule is CN(C)CCCOc1nn(Cc2ccccc2)c2ccc(O)cc12. The second kappa shape index (κ2) is 7.36. The molecule has 0 fully saturated rings. The lowest BCUT2D eigenvalue weighted by atomic mass is 10.2. The summed E-state index contributed by atoms with van der Waals surface area (Å²) in [6.45, 7) is 2.24. The Balaban J connectivity index is 1.84. The van der Waals surface area contributed by atoms with E-state index in [4.69, 9.17) is 4.74 Å². The summed E-state index contributed by atoms with van der Waals surface area (Å²) in [5.74, 6) is 0.801. The number of ether oxygens (including phenoxy) is 1. The number of nitrogens with zero attached hydrogens (tertiary/aromatic N) is 3. The Kier molecular flexibility index (Phi) is 5.01. The predicted octanol–water partition coefficient (Wildman–Crippen LogP) is 3.12. The van der Waals surface area contributed by atoms with E-state index in [1.165, 1.54) is 5.56 Å². The van der Waals surface area contributed by atoms with Crippen molar-refractivity contribution in [2.75, 3.05) is 27.2 Å². The molecule has 1 N–H and O–H groups in total. The highest BCUT2D eigenvalue weighted by Crippen LogP contribution is 2.29. The molecule has 0 aliphatic carbocycles. The van der Waals surface area contributed by atoms with Crippen molar-refractivity contribution in [3.05, 3.63) is 54.1 Å². The number of rotatable bonds is 7. The summed E-state index contributed by atoms with van der Waals surface area (Å²) in [6.07, 6.45) is 0.929. The molecule has 0 amide bonds. The van der Waals surface area contributed by atoms with Crippen molar-refractivity contribution in [1.29, 1.82) is 0 Å². The molecule has 0 spiro atoms. The molecule has 1 heterocycles. The van der Waals surface area contributed by atoms with E-state index in [9.17, 15) is 5.11 Å². The maximum Gasteiger partial charge on any atom is 0.240 e. The normalized spacial score (nSPS) is 11.3. The van der Waals surface area contributed by atoms with Crippen LogP contribution in [0.4, 0.5) is 0 Å². The lowest BCUT2D eigenvalue weighted by Crippen LogP contribution is -2.15. The Labute approximate surface area is 142 Å². The minimum absolute atomic E-state index is 0.222. The average molecular weight is 325 g/mol. The fourth-order valence-corrected chi connectivity index (χ4v) is 2.67. The lowest BCUT2D eigenvalue weighted by Gasteiger charge is -2.09. The topological polar surface area (TPSA) is 50.5 Å². The van der Waals surface area contributed by atoms with Gasteiger partial charge in [0.15, 0.2) is 0 Å². The smallest absolute Gasteiger partial charge is 0.240 e. The molecule has 3 rings (SSSR count). The molecule has 0 bridgehead atoms. The molecule has 0 atom stereocenters. The highest BCUT2D eigenvalue weighted by Gasteiger charge is 2.13. The molecular formula is C19H23N3O2. The van der Waals surface area contributed by atoms with Crippen LogP contribution in [0.1, 0.15) is 12.0 Å². The summed E-state index contributed by atoms with van der Waals surface area (Å²) in [7, 11) is 4.09. The number of fused-ring (bicyclic) bond motifs is 1. The quantitative estimate of drug-likeness (QED) is 0.678. The molecule has 24 heavy (non-hydrogen) atoms. The minimum Gasteiger partial charge on any atom is -0.508 e. The lowest BCUT2D eigenvalue weighted by molar-refractivity contribution is 0.273. The molecule has 0 unspecified atom stereocenters. The molecule has 5 nitrogen and oxygen atoms in total. The van der Waals surface area contributed by atoms with E-state index in [1.807, 2.05) is 43.0 Å². The van der Waals surface area contributed by atoms with Gasteiger partial charge in [0.25, 0.3) is 0 Å². The van der Waals surface area contributed by atoms with Crippen molar-refractivity contribution >= 4 is 10.9 Å². The second-order valence-electron chi connectivity index (χ2n) is 6.16. The number of aromatic hydroxyl groups is 1. The van der Waals surface area contributed by atoms with Gasteiger partial charge >= 0.3 is 0 Å². The average Bonchev–Trinajstić information content (AvgIpc) is 2.89. The Bertz CT molecular complexity index is 797. The van der Waals surface area contributed by atoms with E-state index in [-0.39, 0.29) is 5.75 Å². The molecule has 0 radical (unpaired) electrons. The van der Waals surface area contributed by atoms with Crippen LogP contribution in [0.2, 0.25) is 0 Å². The van der Waals surface area contributed by atoms with Gasteiger partial charge in [-0.25, -0.2) is 0 Å². The monoisotopic (exact) mass is 325 g/mol. The molecule has 3 aromatic rings. The number of benzene rings is 2. The molecule has 0 saturated carbocycles. The van der Waals surface area contributed by atoms with E-state index in [0.717, 1.165) is 23.9 Å². The third-order valence-corrected chi connectivity index (χ3v) is 3.86. The first-order valence-electron chi connectivity index (χ1n) is 8.14. The zero-order chi connectivity index (χ0) is 16.9. The summed E-state index contributed by atoms with van der Waals surface area (Å²) < 4.78 is 7.80. The molecule has 1 aromatic heterocycles. The number of aromatic nitrogens is 2. The van der Waals surface area contributed by atoms with Crippen LogP contribution in [0.5, 0.6) is 11.6 Å². The molecule has 0 aliphatic heterocycles. The first kappa shape index (κ1) is 16.3. The van der Waals surface area contributed by atoms with Crippen LogP contribution in [-0.2, 0) is 6.54 Å². The number of hydrogen-bond donors (Lipinski definition) is 1. The van der Waals surface area contributed by atoms with Gasteiger partial charge in [-0.05, 0) is 44.3 Å². The second-order valence-corrected chi connectivity index (χ2v) is 6.16. The Hall–Kier alpha value is -2.53. The summed E-state index contributed by atoms with van der Waals surface area (Å²) in [4.78, 5) is 2.13. The largest absolute Gasteiger partial charge is 0.508 e. The Morgan fingerprint density at radius 3 is 2.67 bits per heavy atom. The van der Waals surface area contributed by atoms with Crippen molar-refractivity contribution < 1.29 is 9.84 Å². The van der Waals surface area contributed by atoms with Crippen LogP contribution in [-0.4, -0.2) is 47.0 Å². The molecule has 126 valence electrons. The van der Waals surface area contributed by atoms with Gasteiger partial charge in [0.1, 0.15) is 5.75 Å². The van der Waals surface area contributed by atoms with E-state index in [2.05, 4.69) is 22.1 Å². The van der Waals surface area contributed by atoms with Gasteiger partial charge in [-0.2, -0.15) is 0 Å². The van der Waals surface area contributed by atoms with E-state index in [1.54, 1.807) is 12.1 Å². The summed E-state index contributed by atoms with van der Waals surface area (Å²) in [5, 5.41) is 15.3. The number of phenols is 1. The van der Waals surface area contributed by atoms with E-state index in [0.29, 0.717) is 19.0 Å². The standard InChI is InChI=1S/C19H23N3O2/c1-21(2)11-6-12-24-19-17-13-16(23)9-10-18(17)22(20-19)14-15-7-4-3-5-8-15/h3-5,7-10,13,23H,6,11-12,14H2,1-2H3. The van der Waals surface area contributed by atoms with Crippen molar-refractivity contribution in [2.24, 2.45) is 0 Å². The Morgan fingerprint density at radius 1 is 1.12 bits per heavy atom. The molecule has 5 heteroatoms. The van der Waals surface area contributed by atoms with Gasteiger partial charge in [0.2, 0.25) is 5.88 Å². The van der Waals surface area contributed by atoms with Crippen LogP contribution in [0.15, 0.2) is 48.5 Å². The van der Waals surface area contributed by atoms with Crippen molar-refractivity contribution in [1.82, 2.24) is 14.7 Å². The maximum absolute atomic E-state index is 9.80. The summed E-state index contributed by atoms with van der Waals surface area (Å²) in [5.41, 5.74) is 2.13. The van der Waals surface area contributed by atoms with Crippen molar-refractivity contribution in [3.63, 3.8) is 0 Å². The first-order chi connectivity index (χ1) is 11.6. The molecule has 2 aromatic carbocycles. The predicted molar refractivity (Wildman–Crippen MR) is 95.6 cm³/mol.